The molecular formula is C23H20Cl2N2O2S. The van der Waals surface area contributed by atoms with E-state index in [0.29, 0.717) is 11.6 Å². The van der Waals surface area contributed by atoms with E-state index >= 15 is 0 Å². The summed E-state index contributed by atoms with van der Waals surface area (Å²) in [6, 6.07) is 24.2. The molecule has 1 aliphatic heterocycles. The molecule has 0 aromatic heterocycles. The van der Waals surface area contributed by atoms with E-state index in [1.54, 1.807) is 18.2 Å². The molecule has 0 bridgehead atoms. The predicted octanol–water partition coefficient (Wildman–Crippen LogP) is 5.27. The molecule has 4 rings (SSSR count). The number of hydrazone groups is 1. The smallest absolute Gasteiger partial charge is 0.181 e. The SMILES string of the molecule is O=S(=O)(CCN1CC(c2ccccc2)C(c2ccc(Cl)cc2)=N1)c1ccccc1Cl. The molecule has 1 heterocycles. The van der Waals surface area contributed by atoms with Gasteiger partial charge in [-0.05, 0) is 35.4 Å². The Morgan fingerprint density at radius 3 is 2.27 bits per heavy atom. The summed E-state index contributed by atoms with van der Waals surface area (Å²) < 4.78 is 25.6. The highest BCUT2D eigenvalue weighted by atomic mass is 35.5. The van der Waals surface area contributed by atoms with Crippen LogP contribution in [0.4, 0.5) is 0 Å². The van der Waals surface area contributed by atoms with Gasteiger partial charge in [-0.25, -0.2) is 8.42 Å². The van der Waals surface area contributed by atoms with Crippen molar-refractivity contribution in [3.8, 4) is 0 Å². The molecule has 1 unspecified atom stereocenters. The number of rotatable bonds is 6. The summed E-state index contributed by atoms with van der Waals surface area (Å²) in [7, 11) is -3.51. The lowest BCUT2D eigenvalue weighted by molar-refractivity contribution is 0.328. The van der Waals surface area contributed by atoms with Gasteiger partial charge in [-0.15, -0.1) is 0 Å². The fourth-order valence-electron chi connectivity index (χ4n) is 3.56. The Bertz CT molecular complexity index is 1160. The second-order valence-corrected chi connectivity index (χ2v) is 10.0. The molecule has 4 nitrogen and oxygen atoms in total. The first-order valence-electron chi connectivity index (χ1n) is 9.56. The molecule has 0 saturated carbocycles. The topological polar surface area (TPSA) is 49.7 Å². The van der Waals surface area contributed by atoms with Crippen molar-refractivity contribution in [2.45, 2.75) is 10.8 Å². The van der Waals surface area contributed by atoms with Gasteiger partial charge in [-0.2, -0.15) is 5.10 Å². The van der Waals surface area contributed by atoms with Crippen LogP contribution in [0.1, 0.15) is 17.0 Å². The maximum Gasteiger partial charge on any atom is 0.181 e. The average molecular weight is 459 g/mol. The van der Waals surface area contributed by atoms with Crippen LogP contribution in [0.5, 0.6) is 0 Å². The molecule has 0 N–H and O–H groups in total. The third-order valence-corrected chi connectivity index (χ3v) is 7.54. The van der Waals surface area contributed by atoms with Gasteiger partial charge in [0.2, 0.25) is 0 Å². The highest BCUT2D eigenvalue weighted by molar-refractivity contribution is 7.91. The van der Waals surface area contributed by atoms with E-state index in [4.69, 9.17) is 28.3 Å². The van der Waals surface area contributed by atoms with Crippen LogP contribution >= 0.6 is 23.2 Å². The molecule has 30 heavy (non-hydrogen) atoms. The first-order valence-corrected chi connectivity index (χ1v) is 12.0. The highest BCUT2D eigenvalue weighted by Crippen LogP contribution is 2.30. The van der Waals surface area contributed by atoms with E-state index < -0.39 is 9.84 Å². The van der Waals surface area contributed by atoms with E-state index in [1.807, 2.05) is 47.5 Å². The van der Waals surface area contributed by atoms with E-state index in [1.165, 1.54) is 6.07 Å². The van der Waals surface area contributed by atoms with Crippen LogP contribution < -0.4 is 0 Å². The second-order valence-electron chi connectivity index (χ2n) is 7.12. The first kappa shape index (κ1) is 20.9. The van der Waals surface area contributed by atoms with Crippen LogP contribution in [0.25, 0.3) is 0 Å². The van der Waals surface area contributed by atoms with E-state index in [-0.39, 0.29) is 28.1 Å². The van der Waals surface area contributed by atoms with Crippen molar-refractivity contribution >= 4 is 38.8 Å². The molecule has 0 saturated heterocycles. The van der Waals surface area contributed by atoms with Gasteiger partial charge >= 0.3 is 0 Å². The Labute approximate surface area is 186 Å². The second kappa shape index (κ2) is 8.80. The van der Waals surface area contributed by atoms with Crippen molar-refractivity contribution in [1.82, 2.24) is 5.01 Å². The monoisotopic (exact) mass is 458 g/mol. The van der Waals surface area contributed by atoms with E-state index in [2.05, 4.69) is 12.1 Å². The number of halogens is 2. The highest BCUT2D eigenvalue weighted by Gasteiger charge is 2.30. The van der Waals surface area contributed by atoms with Crippen molar-refractivity contribution in [3.63, 3.8) is 0 Å². The Balaban J connectivity index is 1.58. The molecule has 1 aliphatic rings. The molecular weight excluding hydrogens is 439 g/mol. The van der Waals surface area contributed by atoms with Gasteiger partial charge in [0.15, 0.2) is 9.84 Å². The normalized spacial score (nSPS) is 16.5. The average Bonchev–Trinajstić information content (AvgIpc) is 3.18. The fourth-order valence-corrected chi connectivity index (χ4v) is 5.50. The minimum Gasteiger partial charge on any atom is -0.295 e. The Morgan fingerprint density at radius 1 is 0.900 bits per heavy atom. The van der Waals surface area contributed by atoms with Crippen molar-refractivity contribution < 1.29 is 8.42 Å². The molecule has 0 spiro atoms. The van der Waals surface area contributed by atoms with Gasteiger partial charge in [-0.1, -0.05) is 77.8 Å². The first-order chi connectivity index (χ1) is 14.4. The zero-order valence-electron chi connectivity index (χ0n) is 16.1. The molecule has 3 aromatic rings. The molecule has 7 heteroatoms. The Kier molecular flexibility index (Phi) is 6.14. The van der Waals surface area contributed by atoms with Crippen molar-refractivity contribution in [1.29, 1.82) is 0 Å². The predicted molar refractivity (Wildman–Crippen MR) is 122 cm³/mol. The van der Waals surface area contributed by atoms with Crippen molar-refractivity contribution in [3.05, 3.63) is 100 Å². The summed E-state index contributed by atoms with van der Waals surface area (Å²) >= 11 is 12.1. The molecule has 0 aliphatic carbocycles. The molecule has 3 aromatic carbocycles. The van der Waals surface area contributed by atoms with Crippen molar-refractivity contribution in [2.75, 3.05) is 18.8 Å². The van der Waals surface area contributed by atoms with Gasteiger partial charge < -0.3 is 0 Å². The zero-order chi connectivity index (χ0) is 21.1. The summed E-state index contributed by atoms with van der Waals surface area (Å²) in [5, 5.41) is 7.51. The Morgan fingerprint density at radius 2 is 1.57 bits per heavy atom. The lowest BCUT2D eigenvalue weighted by Crippen LogP contribution is -2.25. The van der Waals surface area contributed by atoms with Gasteiger partial charge in [0, 0.05) is 17.5 Å². The summed E-state index contributed by atoms with van der Waals surface area (Å²) in [5.74, 6) is -0.00859. The lowest BCUT2D eigenvalue weighted by Gasteiger charge is -2.17. The molecule has 0 amide bonds. The minimum atomic E-state index is -3.51. The third-order valence-electron chi connectivity index (χ3n) is 5.10. The van der Waals surface area contributed by atoms with Gasteiger partial charge in [-0.3, -0.25) is 5.01 Å². The Hall–Kier alpha value is -2.34. The van der Waals surface area contributed by atoms with Gasteiger partial charge in [0.25, 0.3) is 0 Å². The van der Waals surface area contributed by atoms with Crippen LogP contribution in [0, 0.1) is 0 Å². The van der Waals surface area contributed by atoms with Crippen LogP contribution in [0.2, 0.25) is 10.0 Å². The summed E-state index contributed by atoms with van der Waals surface area (Å²) in [5.41, 5.74) is 3.03. The van der Waals surface area contributed by atoms with E-state index in [9.17, 15) is 8.42 Å². The van der Waals surface area contributed by atoms with Crippen LogP contribution in [0.3, 0.4) is 0 Å². The van der Waals surface area contributed by atoms with Crippen LogP contribution in [0.15, 0.2) is 88.9 Å². The van der Waals surface area contributed by atoms with Gasteiger partial charge in [0.1, 0.15) is 0 Å². The van der Waals surface area contributed by atoms with Crippen LogP contribution in [-0.4, -0.2) is 38.0 Å². The quantitative estimate of drug-likeness (QED) is 0.505. The van der Waals surface area contributed by atoms with Gasteiger partial charge in [0.05, 0.1) is 27.9 Å². The third kappa shape index (κ3) is 4.53. The maximum absolute atomic E-state index is 12.8. The van der Waals surface area contributed by atoms with E-state index in [0.717, 1.165) is 16.8 Å². The summed E-state index contributed by atoms with van der Waals surface area (Å²) in [6.07, 6.45) is 0. The van der Waals surface area contributed by atoms with Crippen molar-refractivity contribution in [2.24, 2.45) is 5.10 Å². The number of nitrogens with zero attached hydrogens (tertiary/aromatic N) is 2. The lowest BCUT2D eigenvalue weighted by atomic mass is 9.91. The zero-order valence-corrected chi connectivity index (χ0v) is 18.4. The number of sulfone groups is 1. The largest absolute Gasteiger partial charge is 0.295 e. The summed E-state index contributed by atoms with van der Waals surface area (Å²) in [6.45, 7) is 0.897. The standard InChI is InChI=1S/C23H20Cl2N2O2S/c24-19-12-10-18(11-13-19)23-20(17-6-2-1-3-7-17)16-27(26-23)14-15-30(28,29)22-9-5-4-8-21(22)25/h1-13,20H,14-16H2. The molecule has 154 valence electrons. The minimum absolute atomic E-state index is 0.0513. The maximum atomic E-state index is 12.8. The van der Waals surface area contributed by atoms with Crippen LogP contribution in [-0.2, 0) is 9.84 Å². The number of benzene rings is 3. The molecule has 0 radical (unpaired) electrons. The molecule has 1 atom stereocenters. The number of hydrogen-bond donors (Lipinski definition) is 0. The fraction of sp³-hybridized carbons (Fsp3) is 0.174. The molecule has 0 fully saturated rings. The number of hydrogen-bond acceptors (Lipinski definition) is 4. The summed E-state index contributed by atoms with van der Waals surface area (Å²) in [4.78, 5) is 0.160.